The molecule has 2 aliphatic rings. The first-order valence-corrected chi connectivity index (χ1v) is 12.2. The molecule has 2 fully saturated rings. The summed E-state index contributed by atoms with van der Waals surface area (Å²) in [6, 6.07) is 9.03. The van der Waals surface area contributed by atoms with Crippen LogP contribution in [0.5, 0.6) is 5.75 Å². The van der Waals surface area contributed by atoms with E-state index in [0.717, 1.165) is 24.2 Å². The van der Waals surface area contributed by atoms with Gasteiger partial charge in [0.2, 0.25) is 0 Å². The molecule has 10 heteroatoms. The second kappa shape index (κ2) is 8.15. The van der Waals surface area contributed by atoms with Gasteiger partial charge < -0.3 is 15.3 Å². The van der Waals surface area contributed by atoms with Crippen molar-refractivity contribution in [2.45, 2.75) is 60.8 Å². The van der Waals surface area contributed by atoms with E-state index in [2.05, 4.69) is 48.4 Å². The molecule has 0 radical (unpaired) electrons. The van der Waals surface area contributed by atoms with Crippen LogP contribution in [0.2, 0.25) is 0 Å². The number of nitrogens with one attached hydrogen (secondary N) is 1. The van der Waals surface area contributed by atoms with Gasteiger partial charge in [0.1, 0.15) is 11.4 Å². The van der Waals surface area contributed by atoms with Crippen molar-refractivity contribution in [2.24, 2.45) is 0 Å². The van der Waals surface area contributed by atoms with Gasteiger partial charge in [-0.2, -0.15) is 0 Å². The van der Waals surface area contributed by atoms with Gasteiger partial charge in [-0.15, -0.1) is 15.3 Å². The molecule has 33 heavy (non-hydrogen) atoms. The van der Waals surface area contributed by atoms with E-state index < -0.39 is 5.67 Å². The highest BCUT2D eigenvalue weighted by Gasteiger charge is 2.57. The topological polar surface area (TPSA) is 92.0 Å². The molecule has 2 N–H and O–H groups in total. The molecule has 2 bridgehead atoms. The normalized spacial score (nSPS) is 28.8. The number of halogens is 2. The number of hydrogen-bond donors (Lipinski definition) is 2. The van der Waals surface area contributed by atoms with Crippen LogP contribution < -0.4 is 10.2 Å². The minimum absolute atomic E-state index is 0.0881. The summed E-state index contributed by atoms with van der Waals surface area (Å²) in [5.41, 5.74) is 1.53. The minimum Gasteiger partial charge on any atom is -0.507 e. The molecular weight excluding hydrogens is 536 g/mol. The van der Waals surface area contributed by atoms with E-state index in [1.165, 1.54) is 0 Å². The molecule has 174 valence electrons. The Bertz CT molecular complexity index is 1170. The zero-order valence-corrected chi connectivity index (χ0v) is 21.0. The van der Waals surface area contributed by atoms with Crippen molar-refractivity contribution in [3.63, 3.8) is 0 Å². The number of benzene rings is 1. The lowest BCUT2D eigenvalue weighted by molar-refractivity contribution is 0.106. The molecule has 1 aliphatic carbocycles. The van der Waals surface area contributed by atoms with Crippen LogP contribution >= 0.6 is 22.6 Å². The number of hydrogen-bond acceptors (Lipinski definition) is 7. The highest BCUT2D eigenvalue weighted by molar-refractivity contribution is 14.1. The Morgan fingerprint density at radius 1 is 1.24 bits per heavy atom. The average molecular weight is 563 g/mol. The van der Waals surface area contributed by atoms with E-state index in [4.69, 9.17) is 0 Å². The van der Waals surface area contributed by atoms with Crippen LogP contribution in [0.1, 0.15) is 38.8 Å². The van der Waals surface area contributed by atoms with Crippen LogP contribution in [0.15, 0.2) is 36.5 Å². The molecule has 5 rings (SSSR count). The fourth-order valence-corrected chi connectivity index (χ4v) is 6.39. The molecule has 1 saturated carbocycles. The molecule has 1 saturated heterocycles. The van der Waals surface area contributed by atoms with Crippen LogP contribution in [0.25, 0.3) is 16.9 Å². The lowest BCUT2D eigenvalue weighted by Gasteiger charge is -2.45. The Hall–Kier alpha value is -2.34. The van der Waals surface area contributed by atoms with Gasteiger partial charge in [-0.05, 0) is 50.5 Å². The second-order valence-corrected chi connectivity index (χ2v) is 11.2. The molecule has 0 spiro atoms. The van der Waals surface area contributed by atoms with E-state index >= 15 is 4.39 Å². The van der Waals surface area contributed by atoms with Crippen LogP contribution in [-0.4, -0.2) is 58.6 Å². The largest absolute Gasteiger partial charge is 0.507 e. The number of anilines is 1. The van der Waals surface area contributed by atoms with Crippen molar-refractivity contribution in [3.05, 3.63) is 42.2 Å². The van der Waals surface area contributed by atoms with E-state index in [1.54, 1.807) is 16.8 Å². The third-order valence-electron chi connectivity index (χ3n) is 6.99. The van der Waals surface area contributed by atoms with E-state index in [0.29, 0.717) is 29.9 Å². The lowest BCUT2D eigenvalue weighted by Crippen LogP contribution is -2.52. The molecule has 0 amide bonds. The second-order valence-electron chi connectivity index (χ2n) is 9.17. The summed E-state index contributed by atoms with van der Waals surface area (Å²) in [5, 5.41) is 31.0. The number of fused-ring (bicyclic) bond motifs is 2. The molecule has 3 heterocycles. The Kier molecular flexibility index (Phi) is 5.55. The smallest absolute Gasteiger partial charge is 0.152 e. The maximum absolute atomic E-state index is 15.4. The monoisotopic (exact) mass is 563 g/mol. The Balaban J connectivity index is 1.36. The quantitative estimate of drug-likeness (QED) is 0.277. The number of phenols is 1. The van der Waals surface area contributed by atoms with Gasteiger partial charge in [0, 0.05) is 37.2 Å². The fourth-order valence-electron chi connectivity index (χ4n) is 4.98. The average Bonchev–Trinajstić information content (AvgIpc) is 3.35. The van der Waals surface area contributed by atoms with E-state index in [-0.39, 0.29) is 21.4 Å². The predicted molar refractivity (Wildman–Crippen MR) is 133 cm³/mol. The van der Waals surface area contributed by atoms with Gasteiger partial charge in [0.05, 0.1) is 26.8 Å². The zero-order valence-electron chi connectivity index (χ0n) is 18.8. The van der Waals surface area contributed by atoms with Gasteiger partial charge >= 0.3 is 0 Å². The first-order chi connectivity index (χ1) is 15.7. The van der Waals surface area contributed by atoms with Crippen molar-refractivity contribution in [3.8, 4) is 22.7 Å². The highest BCUT2D eigenvalue weighted by Crippen LogP contribution is 2.50. The van der Waals surface area contributed by atoms with Gasteiger partial charge in [0.25, 0.3) is 0 Å². The number of rotatable bonds is 5. The third-order valence-corrected chi connectivity index (χ3v) is 8.54. The molecular formula is C23H27FIN7O. The number of phenolic OH excluding ortho intramolecular Hbond substituents is 1. The summed E-state index contributed by atoms with van der Waals surface area (Å²) < 4.78 is 16.7. The van der Waals surface area contributed by atoms with E-state index in [1.807, 2.05) is 50.2 Å². The fraction of sp³-hybridized carbons (Fsp3) is 0.478. The van der Waals surface area contributed by atoms with Gasteiger partial charge in [-0.25, -0.2) is 9.07 Å². The standard InChI is InChI=1S/C23H27FIN7O/c1-4-15-12-32(30-27-15)17-5-6-18(20(33)9-17)19-7-8-21(29-28-19)31(3)23(25)11-16-10-22(24,13-23)14(2)26-16/h5-9,12,14,16,26,33H,4,10-11,13H2,1-3H3. The van der Waals surface area contributed by atoms with Crippen LogP contribution in [0.4, 0.5) is 10.2 Å². The van der Waals surface area contributed by atoms with Gasteiger partial charge in [0.15, 0.2) is 5.82 Å². The molecule has 8 nitrogen and oxygen atoms in total. The highest BCUT2D eigenvalue weighted by atomic mass is 127. The Morgan fingerprint density at radius 3 is 2.70 bits per heavy atom. The first-order valence-electron chi connectivity index (χ1n) is 11.2. The maximum Gasteiger partial charge on any atom is 0.152 e. The number of nitrogens with zero attached hydrogens (tertiary/aromatic N) is 6. The van der Waals surface area contributed by atoms with Crippen LogP contribution in [0.3, 0.4) is 0 Å². The third kappa shape index (κ3) is 3.96. The number of aromatic nitrogens is 5. The molecule has 4 unspecified atom stereocenters. The van der Waals surface area contributed by atoms with Crippen molar-refractivity contribution in [2.75, 3.05) is 11.9 Å². The first kappa shape index (κ1) is 22.5. The summed E-state index contributed by atoms with van der Waals surface area (Å²) in [6.45, 7) is 3.94. The van der Waals surface area contributed by atoms with Crippen molar-refractivity contribution >= 4 is 28.4 Å². The Labute approximate surface area is 205 Å². The van der Waals surface area contributed by atoms with Gasteiger partial charge in [-0.1, -0.05) is 34.7 Å². The van der Waals surface area contributed by atoms with Crippen LogP contribution in [-0.2, 0) is 6.42 Å². The number of alkyl halides is 2. The number of aromatic hydroxyl groups is 1. The SMILES string of the molecule is CCc1cn(-c2ccc(-c3ccc(N(C)C4(I)CC5CC(F)(C4)C(C)N5)nn3)c(O)c2)nn1. The summed E-state index contributed by atoms with van der Waals surface area (Å²) in [4.78, 5) is 2.03. The van der Waals surface area contributed by atoms with Crippen molar-refractivity contribution < 1.29 is 9.50 Å². The molecule has 4 atom stereocenters. The molecule has 1 aliphatic heterocycles. The van der Waals surface area contributed by atoms with Crippen molar-refractivity contribution in [1.82, 2.24) is 30.5 Å². The molecule has 2 aromatic heterocycles. The minimum atomic E-state index is -1.21. The van der Waals surface area contributed by atoms with Crippen LogP contribution in [0, 0.1) is 0 Å². The lowest BCUT2D eigenvalue weighted by atomic mass is 9.81. The molecule has 3 aromatic rings. The maximum atomic E-state index is 15.4. The van der Waals surface area contributed by atoms with Gasteiger partial charge in [-0.3, -0.25) is 0 Å². The predicted octanol–water partition coefficient (Wildman–Crippen LogP) is 3.81. The number of aryl methyl sites for hydroxylation is 1. The summed E-state index contributed by atoms with van der Waals surface area (Å²) in [6.07, 6.45) is 4.49. The van der Waals surface area contributed by atoms with E-state index in [9.17, 15) is 5.11 Å². The molecule has 1 aromatic carbocycles. The summed E-state index contributed by atoms with van der Waals surface area (Å²) in [5.74, 6) is 0.765. The summed E-state index contributed by atoms with van der Waals surface area (Å²) >= 11 is 2.37. The summed E-state index contributed by atoms with van der Waals surface area (Å²) in [7, 11) is 1.95. The van der Waals surface area contributed by atoms with Crippen molar-refractivity contribution in [1.29, 1.82) is 0 Å². The zero-order chi connectivity index (χ0) is 23.4. The Morgan fingerprint density at radius 2 is 2.06 bits per heavy atom.